The first-order chi connectivity index (χ1) is 12.3. The summed E-state index contributed by atoms with van der Waals surface area (Å²) in [7, 11) is 0. The Kier molecular flexibility index (Phi) is 5.50. The van der Waals surface area contributed by atoms with Crippen LogP contribution in [0.15, 0.2) is 18.2 Å². The van der Waals surface area contributed by atoms with Gasteiger partial charge in [0.25, 0.3) is 0 Å². The Labute approximate surface area is 148 Å². The summed E-state index contributed by atoms with van der Waals surface area (Å²) in [6.45, 7) is 2.13. The third kappa shape index (κ3) is 4.52. The predicted molar refractivity (Wildman–Crippen MR) is 83.6 cm³/mol. The second-order valence-electron chi connectivity index (χ2n) is 6.46. The zero-order chi connectivity index (χ0) is 18.8. The van der Waals surface area contributed by atoms with Gasteiger partial charge < -0.3 is 14.8 Å². The molecule has 1 amide bonds. The van der Waals surface area contributed by atoms with Crippen molar-refractivity contribution in [2.24, 2.45) is 0 Å². The van der Waals surface area contributed by atoms with Crippen LogP contribution in [0.4, 0.5) is 17.6 Å². The van der Waals surface area contributed by atoms with E-state index < -0.39 is 23.3 Å². The third-order valence-corrected chi connectivity index (χ3v) is 4.65. The number of rotatable bonds is 4. The highest BCUT2D eigenvalue weighted by Crippen LogP contribution is 2.33. The second kappa shape index (κ2) is 7.50. The number of nitrogens with zero attached hydrogens (tertiary/aromatic N) is 1. The fraction of sp³-hybridized carbons (Fsp3) is 0.588. The van der Waals surface area contributed by atoms with E-state index in [-0.39, 0.29) is 24.6 Å². The number of nitrogens with one attached hydrogen (secondary N) is 1. The number of piperidine rings is 1. The average molecular weight is 376 g/mol. The van der Waals surface area contributed by atoms with E-state index in [4.69, 9.17) is 9.47 Å². The Bertz CT molecular complexity index is 650. The Hall–Kier alpha value is -1.71. The van der Waals surface area contributed by atoms with Crippen LogP contribution in [0.5, 0.6) is 0 Å². The van der Waals surface area contributed by atoms with Gasteiger partial charge in [-0.1, -0.05) is 6.07 Å². The van der Waals surface area contributed by atoms with Crippen molar-refractivity contribution in [3.8, 4) is 0 Å². The SMILES string of the molecule is O=C(CN1CCC2(CC1)OCCO2)NCc1ccc(F)cc1C(F)(F)F. The molecule has 2 saturated heterocycles. The molecule has 144 valence electrons. The summed E-state index contributed by atoms with van der Waals surface area (Å²) in [5.41, 5.74) is -1.24. The summed E-state index contributed by atoms with van der Waals surface area (Å²) in [6, 6.07) is 2.42. The lowest BCUT2D eigenvalue weighted by atomic mass is 10.0. The minimum absolute atomic E-state index is 0.0820. The lowest BCUT2D eigenvalue weighted by molar-refractivity contribution is -0.185. The van der Waals surface area contributed by atoms with Crippen LogP contribution in [0.3, 0.4) is 0 Å². The monoisotopic (exact) mass is 376 g/mol. The van der Waals surface area contributed by atoms with Crippen LogP contribution in [-0.2, 0) is 27.0 Å². The van der Waals surface area contributed by atoms with Crippen LogP contribution >= 0.6 is 0 Å². The van der Waals surface area contributed by atoms with Crippen LogP contribution in [0.1, 0.15) is 24.0 Å². The van der Waals surface area contributed by atoms with E-state index in [0.29, 0.717) is 45.2 Å². The number of benzene rings is 1. The molecule has 1 N–H and O–H groups in total. The number of carbonyl (C=O) groups is 1. The van der Waals surface area contributed by atoms with Crippen molar-refractivity contribution in [1.29, 1.82) is 0 Å². The highest BCUT2D eigenvalue weighted by molar-refractivity contribution is 5.78. The number of hydrogen-bond donors (Lipinski definition) is 1. The fourth-order valence-electron chi connectivity index (χ4n) is 3.26. The molecule has 2 aliphatic heterocycles. The second-order valence-corrected chi connectivity index (χ2v) is 6.46. The summed E-state index contributed by atoms with van der Waals surface area (Å²) >= 11 is 0. The third-order valence-electron chi connectivity index (χ3n) is 4.65. The Morgan fingerprint density at radius 2 is 1.85 bits per heavy atom. The Morgan fingerprint density at radius 1 is 1.19 bits per heavy atom. The zero-order valence-corrected chi connectivity index (χ0v) is 14.1. The van der Waals surface area contributed by atoms with Gasteiger partial charge in [-0.15, -0.1) is 0 Å². The molecule has 0 unspecified atom stereocenters. The zero-order valence-electron chi connectivity index (χ0n) is 14.1. The van der Waals surface area contributed by atoms with Crippen molar-refractivity contribution in [2.45, 2.75) is 31.3 Å². The van der Waals surface area contributed by atoms with Crippen molar-refractivity contribution in [3.63, 3.8) is 0 Å². The van der Waals surface area contributed by atoms with E-state index in [2.05, 4.69) is 5.32 Å². The van der Waals surface area contributed by atoms with Gasteiger partial charge in [0.15, 0.2) is 5.79 Å². The summed E-state index contributed by atoms with van der Waals surface area (Å²) in [6.07, 6.45) is -3.38. The van der Waals surface area contributed by atoms with E-state index in [1.165, 1.54) is 0 Å². The fourth-order valence-corrected chi connectivity index (χ4v) is 3.26. The predicted octanol–water partition coefficient (Wildman–Crippen LogP) is 2.30. The van der Waals surface area contributed by atoms with Gasteiger partial charge in [-0.3, -0.25) is 9.69 Å². The van der Waals surface area contributed by atoms with Gasteiger partial charge in [-0.05, 0) is 17.7 Å². The lowest BCUT2D eigenvalue weighted by Gasteiger charge is -2.37. The molecule has 1 spiro atoms. The Balaban J connectivity index is 1.51. The van der Waals surface area contributed by atoms with E-state index in [9.17, 15) is 22.4 Å². The topological polar surface area (TPSA) is 50.8 Å². The molecule has 1 aromatic rings. The molecule has 0 aromatic heterocycles. The van der Waals surface area contributed by atoms with Crippen LogP contribution in [0.2, 0.25) is 0 Å². The molecule has 26 heavy (non-hydrogen) atoms. The first-order valence-electron chi connectivity index (χ1n) is 8.40. The van der Waals surface area contributed by atoms with E-state index in [0.717, 1.165) is 12.1 Å². The number of carbonyl (C=O) groups excluding carboxylic acids is 1. The van der Waals surface area contributed by atoms with Crippen molar-refractivity contribution in [2.75, 3.05) is 32.8 Å². The van der Waals surface area contributed by atoms with Gasteiger partial charge in [0, 0.05) is 32.5 Å². The number of amides is 1. The minimum Gasteiger partial charge on any atom is -0.351 e. The molecule has 2 aliphatic rings. The normalized spacial score (nSPS) is 20.5. The highest BCUT2D eigenvalue weighted by atomic mass is 19.4. The van der Waals surface area contributed by atoms with E-state index in [1.807, 2.05) is 4.90 Å². The van der Waals surface area contributed by atoms with Gasteiger partial charge in [0.05, 0.1) is 25.3 Å². The maximum atomic E-state index is 13.1. The molecule has 3 rings (SSSR count). The number of likely N-dealkylation sites (tertiary alicyclic amines) is 1. The molecule has 2 fully saturated rings. The molecule has 9 heteroatoms. The molecule has 5 nitrogen and oxygen atoms in total. The van der Waals surface area contributed by atoms with E-state index in [1.54, 1.807) is 0 Å². The molecule has 0 saturated carbocycles. The molecular formula is C17H20F4N2O3. The Morgan fingerprint density at radius 3 is 2.46 bits per heavy atom. The molecule has 0 radical (unpaired) electrons. The van der Waals surface area contributed by atoms with Gasteiger partial charge in [-0.25, -0.2) is 4.39 Å². The minimum atomic E-state index is -4.68. The molecule has 2 heterocycles. The van der Waals surface area contributed by atoms with Crippen LogP contribution in [0.25, 0.3) is 0 Å². The first-order valence-corrected chi connectivity index (χ1v) is 8.40. The summed E-state index contributed by atoms with van der Waals surface area (Å²) < 4.78 is 63.2. The lowest BCUT2D eigenvalue weighted by Crippen LogP contribution is -2.48. The number of alkyl halides is 3. The van der Waals surface area contributed by atoms with Crippen molar-refractivity contribution in [1.82, 2.24) is 10.2 Å². The largest absolute Gasteiger partial charge is 0.416 e. The maximum Gasteiger partial charge on any atom is 0.416 e. The summed E-state index contributed by atoms with van der Waals surface area (Å²) in [5.74, 6) is -1.89. The van der Waals surface area contributed by atoms with Crippen molar-refractivity contribution >= 4 is 5.91 Å². The number of hydrogen-bond acceptors (Lipinski definition) is 4. The quantitative estimate of drug-likeness (QED) is 0.820. The molecular weight excluding hydrogens is 356 g/mol. The van der Waals surface area contributed by atoms with Crippen LogP contribution in [-0.4, -0.2) is 49.4 Å². The smallest absolute Gasteiger partial charge is 0.351 e. The van der Waals surface area contributed by atoms with Gasteiger partial charge in [0.2, 0.25) is 5.91 Å². The van der Waals surface area contributed by atoms with Crippen LogP contribution < -0.4 is 5.32 Å². The molecule has 0 atom stereocenters. The molecule has 1 aromatic carbocycles. The molecule has 0 aliphatic carbocycles. The summed E-state index contributed by atoms with van der Waals surface area (Å²) in [4.78, 5) is 14.0. The van der Waals surface area contributed by atoms with Gasteiger partial charge >= 0.3 is 6.18 Å². The number of halogens is 4. The summed E-state index contributed by atoms with van der Waals surface area (Å²) in [5, 5.41) is 2.47. The van der Waals surface area contributed by atoms with E-state index >= 15 is 0 Å². The first kappa shape index (κ1) is 19.1. The molecule has 0 bridgehead atoms. The van der Waals surface area contributed by atoms with Gasteiger partial charge in [0.1, 0.15) is 5.82 Å². The van der Waals surface area contributed by atoms with Gasteiger partial charge in [-0.2, -0.15) is 13.2 Å². The standard InChI is InChI=1S/C17H20F4N2O3/c18-13-2-1-12(14(9-13)17(19,20)21)10-22-15(24)11-23-5-3-16(4-6-23)25-7-8-26-16/h1-2,9H,3-8,10-11H2,(H,22,24). The van der Waals surface area contributed by atoms with Crippen LogP contribution in [0, 0.1) is 5.82 Å². The van der Waals surface area contributed by atoms with Crippen molar-refractivity contribution < 1.29 is 31.8 Å². The highest BCUT2D eigenvalue weighted by Gasteiger charge is 2.40. The van der Waals surface area contributed by atoms with Crippen molar-refractivity contribution in [3.05, 3.63) is 35.1 Å². The maximum absolute atomic E-state index is 13.1. The number of ether oxygens (including phenoxy) is 2. The average Bonchev–Trinajstić information content (AvgIpc) is 3.03.